The largest absolute Gasteiger partial charge is 0.469 e. The second-order valence-corrected chi connectivity index (χ2v) is 6.26. The van der Waals surface area contributed by atoms with Gasteiger partial charge in [-0.15, -0.1) is 0 Å². The first-order valence-corrected chi connectivity index (χ1v) is 9.11. The van der Waals surface area contributed by atoms with E-state index in [2.05, 4.69) is 40.6 Å². The lowest BCUT2D eigenvalue weighted by Crippen LogP contribution is -2.22. The summed E-state index contributed by atoms with van der Waals surface area (Å²) in [6.45, 7) is 2.15. The fraction of sp³-hybridized carbons (Fsp3) is 0.318. The van der Waals surface area contributed by atoms with Gasteiger partial charge in [0.05, 0.1) is 7.11 Å². The standard InChI is InChI=1S/C22H26N2O3/c1-17(25)24-15-13-18-9-11-19(12-10-18)21(20-6-5-14-23-16-20)7-3-4-8-22(26)27-2/h5-7,9-12,14,16H,3-4,8,13,15H2,1-2H3,(H,24,25)/b21-7+. The van der Waals surface area contributed by atoms with Crippen LogP contribution in [0.1, 0.15) is 42.9 Å². The van der Waals surface area contributed by atoms with Crippen molar-refractivity contribution in [1.29, 1.82) is 0 Å². The Morgan fingerprint density at radius 1 is 1.15 bits per heavy atom. The molecule has 0 aliphatic carbocycles. The van der Waals surface area contributed by atoms with Gasteiger partial charge < -0.3 is 10.1 Å². The third-order valence-electron chi connectivity index (χ3n) is 4.19. The summed E-state index contributed by atoms with van der Waals surface area (Å²) in [5.41, 5.74) is 4.41. The highest BCUT2D eigenvalue weighted by molar-refractivity contribution is 5.79. The summed E-state index contributed by atoms with van der Waals surface area (Å²) in [7, 11) is 1.41. The Hall–Kier alpha value is -2.95. The molecule has 0 aliphatic heterocycles. The molecule has 27 heavy (non-hydrogen) atoms. The molecule has 0 unspecified atom stereocenters. The molecular formula is C22H26N2O3. The lowest BCUT2D eigenvalue weighted by Gasteiger charge is -2.10. The van der Waals surface area contributed by atoms with Crippen LogP contribution in [0.3, 0.4) is 0 Å². The van der Waals surface area contributed by atoms with Gasteiger partial charge in [0.2, 0.25) is 5.91 Å². The fourth-order valence-electron chi connectivity index (χ4n) is 2.75. The monoisotopic (exact) mass is 366 g/mol. The van der Waals surface area contributed by atoms with Crippen LogP contribution in [-0.2, 0) is 20.7 Å². The van der Waals surface area contributed by atoms with Gasteiger partial charge in [-0.05, 0) is 42.0 Å². The minimum absolute atomic E-state index is 0.0135. The van der Waals surface area contributed by atoms with E-state index < -0.39 is 0 Å². The number of unbranched alkanes of at least 4 members (excludes halogenated alkanes) is 1. The average molecular weight is 366 g/mol. The Bertz CT molecular complexity index is 768. The normalized spacial score (nSPS) is 11.1. The molecule has 0 spiro atoms. The number of methoxy groups -OCH3 is 1. The third-order valence-corrected chi connectivity index (χ3v) is 4.19. The van der Waals surface area contributed by atoms with E-state index in [0.717, 1.165) is 36.0 Å². The number of pyridine rings is 1. The van der Waals surface area contributed by atoms with Crippen LogP contribution in [0.15, 0.2) is 54.9 Å². The molecule has 1 N–H and O–H groups in total. The Morgan fingerprint density at radius 3 is 2.56 bits per heavy atom. The summed E-state index contributed by atoms with van der Waals surface area (Å²) in [6.07, 6.45) is 8.47. The zero-order chi connectivity index (χ0) is 19.5. The van der Waals surface area contributed by atoms with Crippen molar-refractivity contribution in [1.82, 2.24) is 10.3 Å². The number of rotatable bonds is 9. The van der Waals surface area contributed by atoms with Crippen molar-refractivity contribution in [2.75, 3.05) is 13.7 Å². The van der Waals surface area contributed by atoms with Crippen molar-refractivity contribution in [3.63, 3.8) is 0 Å². The van der Waals surface area contributed by atoms with Crippen molar-refractivity contribution in [3.8, 4) is 0 Å². The molecule has 1 amide bonds. The predicted octanol–water partition coefficient (Wildman–Crippen LogP) is 3.54. The van der Waals surface area contributed by atoms with Gasteiger partial charge in [0.25, 0.3) is 0 Å². The maximum absolute atomic E-state index is 11.3. The van der Waals surface area contributed by atoms with E-state index in [-0.39, 0.29) is 11.9 Å². The molecule has 5 heteroatoms. The van der Waals surface area contributed by atoms with Crippen LogP contribution in [0.2, 0.25) is 0 Å². The molecule has 1 aromatic carbocycles. The van der Waals surface area contributed by atoms with Crippen molar-refractivity contribution in [2.24, 2.45) is 0 Å². The molecule has 0 aliphatic rings. The van der Waals surface area contributed by atoms with E-state index in [1.807, 2.05) is 18.3 Å². The predicted molar refractivity (Wildman–Crippen MR) is 106 cm³/mol. The molecule has 0 radical (unpaired) electrons. The summed E-state index contributed by atoms with van der Waals surface area (Å²) < 4.78 is 4.69. The van der Waals surface area contributed by atoms with Gasteiger partial charge in [0.15, 0.2) is 0 Å². The number of ether oxygens (including phenoxy) is 1. The molecule has 142 valence electrons. The Balaban J connectivity index is 2.11. The van der Waals surface area contributed by atoms with E-state index >= 15 is 0 Å². The highest BCUT2D eigenvalue weighted by Gasteiger charge is 2.06. The van der Waals surface area contributed by atoms with Crippen LogP contribution in [0.4, 0.5) is 0 Å². The average Bonchev–Trinajstić information content (AvgIpc) is 2.69. The van der Waals surface area contributed by atoms with Gasteiger partial charge >= 0.3 is 5.97 Å². The van der Waals surface area contributed by atoms with Gasteiger partial charge in [-0.2, -0.15) is 0 Å². The topological polar surface area (TPSA) is 68.3 Å². The number of benzene rings is 1. The zero-order valence-electron chi connectivity index (χ0n) is 15.9. The number of nitrogens with zero attached hydrogens (tertiary/aromatic N) is 1. The molecule has 0 saturated carbocycles. The van der Waals surface area contributed by atoms with Gasteiger partial charge in [0.1, 0.15) is 0 Å². The van der Waals surface area contributed by atoms with Crippen molar-refractivity contribution >= 4 is 17.4 Å². The number of hydrogen-bond donors (Lipinski definition) is 1. The quantitative estimate of drug-likeness (QED) is 0.544. The first-order chi connectivity index (χ1) is 13.1. The van der Waals surface area contributed by atoms with Crippen LogP contribution < -0.4 is 5.32 Å². The van der Waals surface area contributed by atoms with Crippen LogP contribution in [-0.4, -0.2) is 30.5 Å². The first-order valence-electron chi connectivity index (χ1n) is 9.11. The van der Waals surface area contributed by atoms with Crippen molar-refractivity contribution < 1.29 is 14.3 Å². The molecule has 0 atom stereocenters. The van der Waals surface area contributed by atoms with E-state index in [9.17, 15) is 9.59 Å². The molecule has 1 heterocycles. The fourth-order valence-corrected chi connectivity index (χ4v) is 2.75. The molecule has 0 bridgehead atoms. The first kappa shape index (κ1) is 20.4. The number of hydrogen-bond acceptors (Lipinski definition) is 4. The zero-order valence-corrected chi connectivity index (χ0v) is 15.9. The minimum atomic E-state index is -0.185. The Kier molecular flexibility index (Phi) is 8.23. The maximum atomic E-state index is 11.3. The second-order valence-electron chi connectivity index (χ2n) is 6.26. The number of nitrogens with one attached hydrogen (secondary N) is 1. The SMILES string of the molecule is COC(=O)CCC/C=C(\c1ccc(CCNC(C)=O)cc1)c1cccnc1. The van der Waals surface area contributed by atoms with E-state index in [1.54, 1.807) is 6.20 Å². The number of esters is 1. The van der Waals surface area contributed by atoms with Gasteiger partial charge in [-0.25, -0.2) is 0 Å². The van der Waals surface area contributed by atoms with Crippen molar-refractivity contribution in [2.45, 2.75) is 32.6 Å². The van der Waals surface area contributed by atoms with E-state index in [4.69, 9.17) is 4.74 Å². The summed E-state index contributed by atoms with van der Waals surface area (Å²) in [6, 6.07) is 12.3. The molecular weight excluding hydrogens is 340 g/mol. The number of allylic oxidation sites excluding steroid dienone is 1. The summed E-state index contributed by atoms with van der Waals surface area (Å²) >= 11 is 0. The highest BCUT2D eigenvalue weighted by atomic mass is 16.5. The number of aromatic nitrogens is 1. The highest BCUT2D eigenvalue weighted by Crippen LogP contribution is 2.24. The van der Waals surface area contributed by atoms with E-state index in [0.29, 0.717) is 13.0 Å². The lowest BCUT2D eigenvalue weighted by atomic mass is 9.96. The number of amides is 1. The van der Waals surface area contributed by atoms with Crippen LogP contribution in [0, 0.1) is 0 Å². The molecule has 1 aromatic heterocycles. The maximum Gasteiger partial charge on any atom is 0.305 e. The minimum Gasteiger partial charge on any atom is -0.469 e. The summed E-state index contributed by atoms with van der Waals surface area (Å²) in [5, 5.41) is 2.81. The Labute approximate surface area is 160 Å². The molecule has 2 aromatic rings. The molecule has 2 rings (SSSR count). The lowest BCUT2D eigenvalue weighted by molar-refractivity contribution is -0.140. The van der Waals surface area contributed by atoms with Gasteiger partial charge in [0, 0.05) is 37.8 Å². The molecule has 0 saturated heterocycles. The van der Waals surface area contributed by atoms with Crippen LogP contribution in [0.25, 0.3) is 5.57 Å². The van der Waals surface area contributed by atoms with Crippen molar-refractivity contribution in [3.05, 3.63) is 71.6 Å². The van der Waals surface area contributed by atoms with Crippen LogP contribution in [0.5, 0.6) is 0 Å². The Morgan fingerprint density at radius 2 is 1.93 bits per heavy atom. The third kappa shape index (κ3) is 7.05. The smallest absolute Gasteiger partial charge is 0.305 e. The second kappa shape index (κ2) is 10.9. The van der Waals surface area contributed by atoms with Gasteiger partial charge in [-0.3, -0.25) is 14.6 Å². The molecule has 5 nitrogen and oxygen atoms in total. The van der Waals surface area contributed by atoms with E-state index in [1.165, 1.54) is 19.6 Å². The number of carbonyl (C=O) groups excluding carboxylic acids is 2. The number of carbonyl (C=O) groups is 2. The summed E-state index contributed by atoms with van der Waals surface area (Å²) in [5.74, 6) is -0.199. The van der Waals surface area contributed by atoms with Crippen LogP contribution >= 0.6 is 0 Å². The summed E-state index contributed by atoms with van der Waals surface area (Å²) in [4.78, 5) is 26.5. The van der Waals surface area contributed by atoms with Gasteiger partial charge in [-0.1, -0.05) is 36.4 Å². The molecule has 0 fully saturated rings.